The van der Waals surface area contributed by atoms with Gasteiger partial charge in [-0.3, -0.25) is 0 Å². The van der Waals surface area contributed by atoms with Crippen molar-refractivity contribution in [1.82, 2.24) is 0 Å². The maximum atomic E-state index is 5.47. The fourth-order valence-corrected chi connectivity index (χ4v) is 3.19. The van der Waals surface area contributed by atoms with Crippen LogP contribution in [0, 0.1) is 0 Å². The Kier molecular flexibility index (Phi) is 4.38. The van der Waals surface area contributed by atoms with Crippen LogP contribution >= 0.6 is 0 Å². The van der Waals surface area contributed by atoms with E-state index in [1.807, 2.05) is 24.3 Å². The van der Waals surface area contributed by atoms with E-state index in [-0.39, 0.29) is 0 Å². The highest BCUT2D eigenvalue weighted by molar-refractivity contribution is 5.87. The van der Waals surface area contributed by atoms with E-state index in [0.717, 1.165) is 34.1 Å². The van der Waals surface area contributed by atoms with E-state index in [1.165, 1.54) is 11.1 Å². The van der Waals surface area contributed by atoms with Gasteiger partial charge in [-0.2, -0.15) is 0 Å². The molecule has 0 bridgehead atoms. The Morgan fingerprint density at radius 2 is 1.29 bits per heavy atom. The van der Waals surface area contributed by atoms with Crippen LogP contribution in [-0.4, -0.2) is 28.4 Å². The molecule has 1 aliphatic rings. The molecule has 0 N–H and O–H groups in total. The van der Waals surface area contributed by atoms with E-state index in [4.69, 9.17) is 18.9 Å². The monoisotopic (exact) mass is 326 g/mol. The van der Waals surface area contributed by atoms with Crippen LogP contribution in [0.5, 0.6) is 23.0 Å². The Bertz CT molecular complexity index is 792. The zero-order chi connectivity index (χ0) is 17.3. The van der Waals surface area contributed by atoms with Gasteiger partial charge in [-0.25, -0.2) is 0 Å². The third-order valence-electron chi connectivity index (χ3n) is 4.45. The second kappa shape index (κ2) is 6.48. The van der Waals surface area contributed by atoms with Gasteiger partial charge in [0, 0.05) is 5.92 Å². The summed E-state index contributed by atoms with van der Waals surface area (Å²) in [6.45, 7) is 2.18. The Morgan fingerprint density at radius 3 is 1.92 bits per heavy atom. The van der Waals surface area contributed by atoms with Crippen LogP contribution in [0.4, 0.5) is 0 Å². The van der Waals surface area contributed by atoms with Gasteiger partial charge in [-0.1, -0.05) is 19.1 Å². The minimum Gasteiger partial charge on any atom is -0.493 e. The highest BCUT2D eigenvalue weighted by Crippen LogP contribution is 2.45. The maximum absolute atomic E-state index is 5.47. The van der Waals surface area contributed by atoms with Crippen LogP contribution in [0.3, 0.4) is 0 Å². The van der Waals surface area contributed by atoms with Gasteiger partial charge in [0.2, 0.25) is 0 Å². The molecule has 1 atom stereocenters. The molecular formula is C20H22O4. The largest absolute Gasteiger partial charge is 0.493 e. The van der Waals surface area contributed by atoms with Gasteiger partial charge < -0.3 is 18.9 Å². The molecular weight excluding hydrogens is 304 g/mol. The van der Waals surface area contributed by atoms with Crippen molar-refractivity contribution in [1.29, 1.82) is 0 Å². The van der Waals surface area contributed by atoms with Crippen molar-refractivity contribution in [2.45, 2.75) is 12.8 Å². The van der Waals surface area contributed by atoms with Gasteiger partial charge in [-0.15, -0.1) is 0 Å². The number of hydrogen-bond donors (Lipinski definition) is 0. The molecule has 0 amide bonds. The number of rotatable bonds is 5. The number of benzene rings is 2. The first-order valence-electron chi connectivity index (χ1n) is 7.83. The molecule has 2 aromatic rings. The van der Waals surface area contributed by atoms with E-state index in [9.17, 15) is 0 Å². The molecule has 0 heterocycles. The van der Waals surface area contributed by atoms with E-state index < -0.39 is 0 Å². The van der Waals surface area contributed by atoms with E-state index in [0.29, 0.717) is 5.92 Å². The lowest BCUT2D eigenvalue weighted by molar-refractivity contribution is 0.354. The van der Waals surface area contributed by atoms with Crippen molar-refractivity contribution in [3.8, 4) is 23.0 Å². The summed E-state index contributed by atoms with van der Waals surface area (Å²) < 4.78 is 21.7. The summed E-state index contributed by atoms with van der Waals surface area (Å²) in [5.74, 6) is 3.24. The summed E-state index contributed by atoms with van der Waals surface area (Å²) in [7, 11) is 6.60. The summed E-state index contributed by atoms with van der Waals surface area (Å²) in [4.78, 5) is 0. The van der Waals surface area contributed by atoms with Crippen LogP contribution in [0.1, 0.15) is 29.5 Å². The predicted octanol–water partition coefficient (Wildman–Crippen LogP) is 4.27. The van der Waals surface area contributed by atoms with Crippen molar-refractivity contribution in [2.24, 2.45) is 0 Å². The van der Waals surface area contributed by atoms with Crippen molar-refractivity contribution >= 4 is 5.57 Å². The average Bonchev–Trinajstić information content (AvgIpc) is 2.95. The quantitative estimate of drug-likeness (QED) is 0.822. The van der Waals surface area contributed by atoms with Gasteiger partial charge in [0.15, 0.2) is 23.0 Å². The Morgan fingerprint density at radius 1 is 0.708 bits per heavy atom. The second-order valence-electron chi connectivity index (χ2n) is 5.73. The molecule has 0 radical (unpaired) electrons. The van der Waals surface area contributed by atoms with Crippen LogP contribution in [0.2, 0.25) is 0 Å². The van der Waals surface area contributed by atoms with E-state index >= 15 is 0 Å². The molecule has 24 heavy (non-hydrogen) atoms. The van der Waals surface area contributed by atoms with Crippen molar-refractivity contribution < 1.29 is 18.9 Å². The first kappa shape index (κ1) is 16.2. The molecule has 4 heteroatoms. The summed E-state index contributed by atoms with van der Waals surface area (Å²) in [6.07, 6.45) is 2.25. The molecule has 0 aromatic heterocycles. The molecule has 2 aromatic carbocycles. The lowest BCUT2D eigenvalue weighted by atomic mass is 9.97. The SMILES string of the molecule is COc1ccc(C2=CC(C)c3cc(OC)c(OC)cc32)cc1OC. The lowest BCUT2D eigenvalue weighted by Gasteiger charge is -2.14. The molecule has 0 aliphatic heterocycles. The van der Waals surface area contributed by atoms with E-state index in [1.54, 1.807) is 28.4 Å². The fraction of sp³-hybridized carbons (Fsp3) is 0.300. The normalized spacial score (nSPS) is 15.5. The average molecular weight is 326 g/mol. The minimum atomic E-state index is 0.308. The van der Waals surface area contributed by atoms with Crippen molar-refractivity contribution in [2.75, 3.05) is 28.4 Å². The smallest absolute Gasteiger partial charge is 0.161 e. The summed E-state index contributed by atoms with van der Waals surface area (Å²) in [6, 6.07) is 10.1. The van der Waals surface area contributed by atoms with Gasteiger partial charge in [0.25, 0.3) is 0 Å². The number of methoxy groups -OCH3 is 4. The van der Waals surface area contributed by atoms with Crippen molar-refractivity contribution in [3.63, 3.8) is 0 Å². The lowest BCUT2D eigenvalue weighted by Crippen LogP contribution is -1.96. The van der Waals surface area contributed by atoms with E-state index in [2.05, 4.69) is 19.1 Å². The first-order valence-corrected chi connectivity index (χ1v) is 7.83. The summed E-state index contributed by atoms with van der Waals surface area (Å²) >= 11 is 0. The fourth-order valence-electron chi connectivity index (χ4n) is 3.19. The molecule has 0 fully saturated rings. The molecule has 1 aliphatic carbocycles. The number of fused-ring (bicyclic) bond motifs is 1. The molecule has 126 valence electrons. The summed E-state index contributed by atoms with van der Waals surface area (Å²) in [5, 5.41) is 0. The van der Waals surface area contributed by atoms with Crippen LogP contribution < -0.4 is 18.9 Å². The van der Waals surface area contributed by atoms with Gasteiger partial charge in [0.1, 0.15) is 0 Å². The molecule has 0 saturated heterocycles. The molecule has 0 spiro atoms. The Balaban J connectivity index is 2.11. The van der Waals surface area contributed by atoms with Gasteiger partial charge in [0.05, 0.1) is 28.4 Å². The van der Waals surface area contributed by atoms with Crippen LogP contribution in [-0.2, 0) is 0 Å². The zero-order valence-electron chi connectivity index (χ0n) is 14.7. The highest BCUT2D eigenvalue weighted by Gasteiger charge is 2.24. The topological polar surface area (TPSA) is 36.9 Å². The third kappa shape index (κ3) is 2.58. The molecule has 3 rings (SSSR count). The van der Waals surface area contributed by atoms with Crippen molar-refractivity contribution in [3.05, 3.63) is 53.1 Å². The van der Waals surface area contributed by atoms with Gasteiger partial charge >= 0.3 is 0 Å². The Labute approximate surface area is 142 Å². The number of hydrogen-bond acceptors (Lipinski definition) is 4. The molecule has 4 nitrogen and oxygen atoms in total. The second-order valence-corrected chi connectivity index (χ2v) is 5.73. The highest BCUT2D eigenvalue weighted by atomic mass is 16.5. The standard InChI is InChI=1S/C20H22O4/c1-12-8-15(13-6-7-17(21-2)18(9-13)22-3)16-11-20(24-5)19(23-4)10-14(12)16/h6-12H,1-5H3. The molecule has 0 saturated carbocycles. The zero-order valence-corrected chi connectivity index (χ0v) is 14.7. The van der Waals surface area contributed by atoms with Gasteiger partial charge in [-0.05, 0) is 46.5 Å². The minimum absolute atomic E-state index is 0.308. The number of ether oxygens (including phenoxy) is 4. The Hall–Kier alpha value is -2.62. The predicted molar refractivity (Wildman–Crippen MR) is 94.6 cm³/mol. The number of allylic oxidation sites excluding steroid dienone is 1. The summed E-state index contributed by atoms with van der Waals surface area (Å²) in [5.41, 5.74) is 4.65. The first-order chi connectivity index (χ1) is 11.6. The van der Waals surface area contributed by atoms with Crippen LogP contribution in [0.25, 0.3) is 5.57 Å². The third-order valence-corrected chi connectivity index (χ3v) is 4.45. The van der Waals surface area contributed by atoms with Crippen LogP contribution in [0.15, 0.2) is 36.4 Å². The maximum Gasteiger partial charge on any atom is 0.161 e. The molecule has 1 unspecified atom stereocenters.